The fourth-order valence-corrected chi connectivity index (χ4v) is 1.28. The van der Waals surface area contributed by atoms with Gasteiger partial charge in [0.15, 0.2) is 5.82 Å². The lowest BCUT2D eigenvalue weighted by Gasteiger charge is -2.26. The van der Waals surface area contributed by atoms with Gasteiger partial charge in [-0.05, 0) is 27.2 Å². The number of nitrogens with one attached hydrogen (secondary N) is 2. The first kappa shape index (κ1) is 14.6. The Morgan fingerprint density at radius 1 is 1.50 bits per heavy atom. The van der Waals surface area contributed by atoms with E-state index >= 15 is 0 Å². The Bertz CT molecular complexity index is 401. The molecule has 1 rings (SSSR count). The van der Waals surface area contributed by atoms with E-state index in [1.165, 1.54) is 0 Å². The molecule has 0 aliphatic carbocycles. The summed E-state index contributed by atoms with van der Waals surface area (Å²) < 4.78 is 4.85. The lowest BCUT2D eigenvalue weighted by Crippen LogP contribution is -2.50. The van der Waals surface area contributed by atoms with Crippen molar-refractivity contribution in [2.75, 3.05) is 0 Å². The van der Waals surface area contributed by atoms with Crippen molar-refractivity contribution in [2.45, 2.75) is 59.2 Å². The number of hydrogen-bond acceptors (Lipinski definition) is 5. The zero-order valence-electron chi connectivity index (χ0n) is 11.7. The summed E-state index contributed by atoms with van der Waals surface area (Å²) >= 11 is 0. The van der Waals surface area contributed by atoms with Crippen LogP contribution in [0.15, 0.2) is 4.52 Å². The van der Waals surface area contributed by atoms with E-state index in [1.54, 1.807) is 6.92 Å². The van der Waals surface area contributed by atoms with Crippen LogP contribution in [0.3, 0.4) is 0 Å². The van der Waals surface area contributed by atoms with Gasteiger partial charge in [0.2, 0.25) is 11.8 Å². The molecule has 1 unspecified atom stereocenters. The van der Waals surface area contributed by atoms with E-state index in [9.17, 15) is 4.79 Å². The molecule has 6 heteroatoms. The molecule has 0 aliphatic rings. The summed E-state index contributed by atoms with van der Waals surface area (Å²) in [5, 5.41) is 9.80. The molecule has 1 atom stereocenters. The second-order valence-corrected chi connectivity index (χ2v) is 5.06. The van der Waals surface area contributed by atoms with Crippen molar-refractivity contribution < 1.29 is 9.32 Å². The average Bonchev–Trinajstić information content (AvgIpc) is 2.71. The summed E-state index contributed by atoms with van der Waals surface area (Å²) in [4.78, 5) is 16.0. The van der Waals surface area contributed by atoms with Crippen LogP contribution in [-0.4, -0.2) is 27.6 Å². The maximum Gasteiger partial charge on any atom is 0.237 e. The third kappa shape index (κ3) is 4.44. The number of hydrogen-bond donors (Lipinski definition) is 2. The summed E-state index contributed by atoms with van der Waals surface area (Å²) in [6.07, 6.45) is 0.884. The van der Waals surface area contributed by atoms with Crippen LogP contribution in [0.2, 0.25) is 0 Å². The largest absolute Gasteiger partial charge is 0.350 e. The Morgan fingerprint density at radius 2 is 2.17 bits per heavy atom. The molecule has 1 amide bonds. The van der Waals surface area contributed by atoms with Crippen molar-refractivity contribution in [1.29, 1.82) is 0 Å². The molecule has 0 bridgehead atoms. The van der Waals surface area contributed by atoms with Crippen LogP contribution < -0.4 is 10.6 Å². The first-order chi connectivity index (χ1) is 8.34. The third-order valence-corrected chi connectivity index (χ3v) is 2.87. The molecule has 0 saturated carbocycles. The minimum Gasteiger partial charge on any atom is -0.350 e. The van der Waals surface area contributed by atoms with E-state index in [0.717, 1.165) is 6.42 Å². The number of carbonyl (C=O) groups excluding carboxylic acids is 1. The number of nitrogens with zero attached hydrogens (tertiary/aromatic N) is 2. The molecule has 0 saturated heterocycles. The zero-order chi connectivity index (χ0) is 13.8. The fourth-order valence-electron chi connectivity index (χ4n) is 1.28. The van der Waals surface area contributed by atoms with Crippen LogP contribution in [0.4, 0.5) is 0 Å². The molecular weight excluding hydrogens is 232 g/mol. The van der Waals surface area contributed by atoms with Gasteiger partial charge in [0.1, 0.15) is 0 Å². The Kier molecular flexibility index (Phi) is 4.84. The minimum absolute atomic E-state index is 0.0259. The van der Waals surface area contributed by atoms with E-state index in [4.69, 9.17) is 4.52 Å². The third-order valence-electron chi connectivity index (χ3n) is 2.87. The molecule has 1 aromatic rings. The van der Waals surface area contributed by atoms with E-state index in [2.05, 4.69) is 20.8 Å². The molecule has 0 radical (unpaired) electrons. The van der Waals surface area contributed by atoms with Crippen LogP contribution >= 0.6 is 0 Å². The summed E-state index contributed by atoms with van der Waals surface area (Å²) in [5.74, 6) is 1.06. The standard InChI is InChI=1S/C12H22N4O2/c1-6-12(4,5)15-11(17)8(2)13-7-10-14-9(3)18-16-10/h8,13H,6-7H2,1-5H3,(H,15,17). The molecule has 2 N–H and O–H groups in total. The molecule has 0 aromatic carbocycles. The highest BCUT2D eigenvalue weighted by Gasteiger charge is 2.21. The van der Waals surface area contributed by atoms with Gasteiger partial charge >= 0.3 is 0 Å². The molecule has 0 aliphatic heterocycles. The van der Waals surface area contributed by atoms with Crippen molar-refractivity contribution in [3.63, 3.8) is 0 Å². The number of aromatic nitrogens is 2. The Morgan fingerprint density at radius 3 is 2.67 bits per heavy atom. The molecule has 1 heterocycles. The maximum atomic E-state index is 11.9. The van der Waals surface area contributed by atoms with Crippen molar-refractivity contribution in [2.24, 2.45) is 0 Å². The monoisotopic (exact) mass is 254 g/mol. The average molecular weight is 254 g/mol. The Hall–Kier alpha value is -1.43. The van der Waals surface area contributed by atoms with Gasteiger partial charge in [-0.15, -0.1) is 0 Å². The number of rotatable bonds is 6. The normalized spacial score (nSPS) is 13.4. The van der Waals surface area contributed by atoms with Crippen molar-refractivity contribution in [1.82, 2.24) is 20.8 Å². The topological polar surface area (TPSA) is 80.0 Å². The summed E-state index contributed by atoms with van der Waals surface area (Å²) in [5.41, 5.74) is -0.185. The molecule has 0 fully saturated rings. The fraction of sp³-hybridized carbons (Fsp3) is 0.750. The first-order valence-electron chi connectivity index (χ1n) is 6.18. The maximum absolute atomic E-state index is 11.9. The summed E-state index contributed by atoms with van der Waals surface area (Å²) in [6, 6.07) is -0.297. The van der Waals surface area contributed by atoms with Crippen molar-refractivity contribution in [3.8, 4) is 0 Å². The van der Waals surface area contributed by atoms with Crippen LogP contribution in [0, 0.1) is 6.92 Å². The van der Waals surface area contributed by atoms with Crippen molar-refractivity contribution >= 4 is 5.91 Å². The minimum atomic E-state index is -0.297. The molecular formula is C12H22N4O2. The highest BCUT2D eigenvalue weighted by Crippen LogP contribution is 2.07. The number of aryl methyl sites for hydroxylation is 1. The van der Waals surface area contributed by atoms with Crippen molar-refractivity contribution in [3.05, 3.63) is 11.7 Å². The van der Waals surface area contributed by atoms with Crippen LogP contribution in [0.25, 0.3) is 0 Å². The van der Waals surface area contributed by atoms with Gasteiger partial charge in [-0.2, -0.15) is 4.98 Å². The summed E-state index contributed by atoms with van der Waals surface area (Å²) in [6.45, 7) is 10.0. The van der Waals surface area contributed by atoms with Crippen LogP contribution in [0.1, 0.15) is 45.8 Å². The predicted molar refractivity (Wildman–Crippen MR) is 67.8 cm³/mol. The molecule has 1 aromatic heterocycles. The first-order valence-corrected chi connectivity index (χ1v) is 6.18. The summed E-state index contributed by atoms with van der Waals surface area (Å²) in [7, 11) is 0. The number of amides is 1. The highest BCUT2D eigenvalue weighted by atomic mass is 16.5. The van der Waals surface area contributed by atoms with Crippen LogP contribution in [0.5, 0.6) is 0 Å². The van der Waals surface area contributed by atoms with Gasteiger partial charge in [0.05, 0.1) is 12.6 Å². The van der Waals surface area contributed by atoms with Gasteiger partial charge in [-0.1, -0.05) is 12.1 Å². The second-order valence-electron chi connectivity index (χ2n) is 5.06. The molecule has 6 nitrogen and oxygen atoms in total. The van der Waals surface area contributed by atoms with Gasteiger partial charge in [0.25, 0.3) is 0 Å². The van der Waals surface area contributed by atoms with Gasteiger partial charge in [-0.3, -0.25) is 10.1 Å². The highest BCUT2D eigenvalue weighted by molar-refractivity contribution is 5.81. The van der Waals surface area contributed by atoms with E-state index in [0.29, 0.717) is 18.3 Å². The van der Waals surface area contributed by atoms with Gasteiger partial charge < -0.3 is 9.84 Å². The zero-order valence-corrected chi connectivity index (χ0v) is 11.7. The molecule has 102 valence electrons. The predicted octanol–water partition coefficient (Wildman–Crippen LogP) is 1.16. The quantitative estimate of drug-likeness (QED) is 0.796. The van der Waals surface area contributed by atoms with Crippen LogP contribution in [-0.2, 0) is 11.3 Å². The smallest absolute Gasteiger partial charge is 0.237 e. The molecule has 0 spiro atoms. The Balaban J connectivity index is 2.41. The number of carbonyl (C=O) groups is 1. The second kappa shape index (κ2) is 5.95. The van der Waals surface area contributed by atoms with E-state index in [-0.39, 0.29) is 17.5 Å². The van der Waals surface area contributed by atoms with Gasteiger partial charge in [0, 0.05) is 12.5 Å². The Labute approximate surface area is 108 Å². The molecule has 18 heavy (non-hydrogen) atoms. The lowest BCUT2D eigenvalue weighted by atomic mass is 10.0. The SMILES string of the molecule is CCC(C)(C)NC(=O)C(C)NCc1noc(C)n1. The lowest BCUT2D eigenvalue weighted by molar-refractivity contribution is -0.124. The van der Waals surface area contributed by atoms with Gasteiger partial charge in [-0.25, -0.2) is 0 Å². The van der Waals surface area contributed by atoms with E-state index < -0.39 is 0 Å². The van der Waals surface area contributed by atoms with E-state index in [1.807, 2.05) is 27.7 Å².